The second-order valence-electron chi connectivity index (χ2n) is 7.05. The molecule has 1 heterocycles. The van der Waals surface area contributed by atoms with Crippen LogP contribution in [0.3, 0.4) is 0 Å². The lowest BCUT2D eigenvalue weighted by Gasteiger charge is -2.35. The minimum Gasteiger partial charge on any atom is -0.465 e. The van der Waals surface area contributed by atoms with Crippen LogP contribution >= 0.6 is 11.3 Å². The smallest absolute Gasteiger partial charge is 0.407 e. The molecule has 0 aliphatic carbocycles. The number of anilines is 1. The third kappa shape index (κ3) is 4.12. The van der Waals surface area contributed by atoms with Gasteiger partial charge in [-0.1, -0.05) is 11.3 Å². The summed E-state index contributed by atoms with van der Waals surface area (Å²) in [6.07, 6.45) is -1.06. The Morgan fingerprint density at radius 2 is 2.00 bits per heavy atom. The summed E-state index contributed by atoms with van der Waals surface area (Å²) < 4.78 is 14.1. The highest BCUT2D eigenvalue weighted by molar-refractivity contribution is 7.22. The first kappa shape index (κ1) is 20.1. The van der Waals surface area contributed by atoms with Crippen molar-refractivity contribution >= 4 is 38.7 Å². The normalized spacial score (nSPS) is 11.8. The van der Waals surface area contributed by atoms with E-state index in [1.165, 1.54) is 33.3 Å². The largest absolute Gasteiger partial charge is 0.465 e. The number of rotatable bonds is 6. The van der Waals surface area contributed by atoms with E-state index in [9.17, 15) is 19.1 Å². The summed E-state index contributed by atoms with van der Waals surface area (Å²) in [6.45, 7) is 9.29. The molecule has 26 heavy (non-hydrogen) atoms. The Balaban J connectivity index is 2.32. The van der Waals surface area contributed by atoms with Crippen molar-refractivity contribution in [3.05, 3.63) is 24.0 Å². The Morgan fingerprint density at radius 1 is 1.35 bits per heavy atom. The average Bonchev–Trinajstić information content (AvgIpc) is 2.95. The lowest BCUT2D eigenvalue weighted by Crippen LogP contribution is -2.50. The molecule has 6 nitrogen and oxygen atoms in total. The van der Waals surface area contributed by atoms with Gasteiger partial charge in [0, 0.05) is 19.1 Å². The molecule has 142 valence electrons. The standard InChI is InChI=1S/C18H24FN3O3S/c1-6-21(16-20-13-8-7-12(19)9-14(13)26-16)15(23)18(4,5)10-22(11(2)3)17(24)25/h7-9,11H,6,10H2,1-5H3,(H,24,25). The first-order valence-corrected chi connectivity index (χ1v) is 9.26. The first-order chi connectivity index (χ1) is 12.1. The molecule has 0 bridgehead atoms. The van der Waals surface area contributed by atoms with E-state index in [1.807, 2.05) is 6.92 Å². The van der Waals surface area contributed by atoms with Gasteiger partial charge in [0.1, 0.15) is 5.82 Å². The number of nitrogens with zero attached hydrogens (tertiary/aromatic N) is 3. The van der Waals surface area contributed by atoms with Crippen LogP contribution in [0.15, 0.2) is 18.2 Å². The van der Waals surface area contributed by atoms with Crippen molar-refractivity contribution in [2.45, 2.75) is 40.7 Å². The van der Waals surface area contributed by atoms with Gasteiger partial charge in [0.15, 0.2) is 5.13 Å². The van der Waals surface area contributed by atoms with E-state index in [4.69, 9.17) is 0 Å². The number of thiazole rings is 1. The van der Waals surface area contributed by atoms with Crippen LogP contribution in [-0.2, 0) is 4.79 Å². The van der Waals surface area contributed by atoms with Gasteiger partial charge in [-0.2, -0.15) is 0 Å². The molecular formula is C18H24FN3O3S. The van der Waals surface area contributed by atoms with Crippen LogP contribution in [0.2, 0.25) is 0 Å². The quantitative estimate of drug-likeness (QED) is 0.814. The topological polar surface area (TPSA) is 73.7 Å². The number of benzene rings is 1. The van der Waals surface area contributed by atoms with Gasteiger partial charge in [0.2, 0.25) is 5.91 Å². The van der Waals surface area contributed by atoms with E-state index < -0.39 is 11.5 Å². The minimum atomic E-state index is -1.06. The number of hydrogen-bond donors (Lipinski definition) is 1. The molecule has 2 amide bonds. The molecule has 0 saturated carbocycles. The maximum Gasteiger partial charge on any atom is 0.407 e. The molecule has 0 atom stereocenters. The fourth-order valence-corrected chi connectivity index (χ4v) is 3.75. The SMILES string of the molecule is CCN(C(=O)C(C)(C)CN(C(=O)O)C(C)C)c1nc2ccc(F)cc2s1. The molecule has 0 fully saturated rings. The van der Waals surface area contributed by atoms with Crippen LogP contribution in [-0.4, -0.2) is 46.1 Å². The fraction of sp³-hybridized carbons (Fsp3) is 0.500. The highest BCUT2D eigenvalue weighted by Crippen LogP contribution is 2.32. The molecule has 1 aromatic heterocycles. The Hall–Kier alpha value is -2.22. The van der Waals surface area contributed by atoms with E-state index >= 15 is 0 Å². The summed E-state index contributed by atoms with van der Waals surface area (Å²) in [5.74, 6) is -0.567. The first-order valence-electron chi connectivity index (χ1n) is 8.44. The van der Waals surface area contributed by atoms with E-state index in [-0.39, 0.29) is 24.3 Å². The molecule has 1 N–H and O–H groups in total. The highest BCUT2D eigenvalue weighted by atomic mass is 32.1. The third-order valence-electron chi connectivity index (χ3n) is 4.15. The van der Waals surface area contributed by atoms with Gasteiger partial charge in [-0.15, -0.1) is 0 Å². The van der Waals surface area contributed by atoms with Crippen LogP contribution in [0.4, 0.5) is 14.3 Å². The maximum absolute atomic E-state index is 13.4. The number of carboxylic acid groups (broad SMARTS) is 1. The molecule has 1 aromatic carbocycles. The Kier molecular flexibility index (Phi) is 5.85. The van der Waals surface area contributed by atoms with Crippen LogP contribution < -0.4 is 4.90 Å². The van der Waals surface area contributed by atoms with Crippen LogP contribution in [0.1, 0.15) is 34.6 Å². The summed E-state index contributed by atoms with van der Waals surface area (Å²) in [4.78, 5) is 31.8. The summed E-state index contributed by atoms with van der Waals surface area (Å²) in [7, 11) is 0. The number of hydrogen-bond acceptors (Lipinski definition) is 4. The number of amides is 2. The molecule has 0 aliphatic heterocycles. The molecule has 0 saturated heterocycles. The van der Waals surface area contributed by atoms with Gasteiger partial charge >= 0.3 is 6.09 Å². The zero-order chi connectivity index (χ0) is 19.6. The second-order valence-corrected chi connectivity index (χ2v) is 8.06. The number of carbonyl (C=O) groups excluding carboxylic acids is 1. The molecule has 0 radical (unpaired) electrons. The summed E-state index contributed by atoms with van der Waals surface area (Å²) >= 11 is 1.24. The van der Waals surface area contributed by atoms with Gasteiger partial charge in [0.05, 0.1) is 15.6 Å². The predicted molar refractivity (Wildman–Crippen MR) is 101 cm³/mol. The summed E-state index contributed by atoms with van der Waals surface area (Å²) in [5, 5.41) is 9.86. The molecule has 8 heteroatoms. The van der Waals surface area contributed by atoms with E-state index in [2.05, 4.69) is 4.98 Å². The van der Waals surface area contributed by atoms with E-state index in [0.29, 0.717) is 21.9 Å². The van der Waals surface area contributed by atoms with Crippen molar-refractivity contribution in [2.24, 2.45) is 5.41 Å². The molecule has 0 aliphatic rings. The van der Waals surface area contributed by atoms with E-state index in [1.54, 1.807) is 33.8 Å². The van der Waals surface area contributed by atoms with Gasteiger partial charge in [-0.3, -0.25) is 9.69 Å². The van der Waals surface area contributed by atoms with E-state index in [0.717, 1.165) is 0 Å². The molecule has 2 aromatic rings. The van der Waals surface area contributed by atoms with Crippen molar-refractivity contribution < 1.29 is 19.1 Å². The Bertz CT molecular complexity index is 819. The van der Waals surface area contributed by atoms with Gasteiger partial charge in [-0.05, 0) is 52.8 Å². The van der Waals surface area contributed by atoms with Crippen molar-refractivity contribution in [1.82, 2.24) is 9.88 Å². The summed E-state index contributed by atoms with van der Waals surface area (Å²) in [5.41, 5.74) is -0.299. The van der Waals surface area contributed by atoms with Gasteiger partial charge < -0.3 is 10.0 Å². The second kappa shape index (κ2) is 7.57. The Labute approximate surface area is 156 Å². The molecule has 2 rings (SSSR count). The van der Waals surface area contributed by atoms with Crippen molar-refractivity contribution in [1.29, 1.82) is 0 Å². The zero-order valence-electron chi connectivity index (χ0n) is 15.6. The predicted octanol–water partition coefficient (Wildman–Crippen LogP) is 4.20. The zero-order valence-corrected chi connectivity index (χ0v) is 16.4. The monoisotopic (exact) mass is 381 g/mol. The number of halogens is 1. The van der Waals surface area contributed by atoms with Crippen LogP contribution in [0, 0.1) is 11.2 Å². The number of aromatic nitrogens is 1. The van der Waals surface area contributed by atoms with Gasteiger partial charge in [0.25, 0.3) is 0 Å². The number of carbonyl (C=O) groups is 2. The third-order valence-corrected chi connectivity index (χ3v) is 5.19. The Morgan fingerprint density at radius 3 is 2.54 bits per heavy atom. The average molecular weight is 381 g/mol. The maximum atomic E-state index is 13.4. The van der Waals surface area contributed by atoms with Crippen LogP contribution in [0.25, 0.3) is 10.2 Å². The van der Waals surface area contributed by atoms with Crippen molar-refractivity contribution in [2.75, 3.05) is 18.0 Å². The van der Waals surface area contributed by atoms with Crippen LogP contribution in [0.5, 0.6) is 0 Å². The molecule has 0 spiro atoms. The lowest BCUT2D eigenvalue weighted by atomic mass is 9.90. The number of fused-ring (bicyclic) bond motifs is 1. The molecule has 0 unspecified atom stereocenters. The van der Waals surface area contributed by atoms with Crippen molar-refractivity contribution in [3.8, 4) is 0 Å². The summed E-state index contributed by atoms with van der Waals surface area (Å²) in [6, 6.07) is 4.07. The van der Waals surface area contributed by atoms with Gasteiger partial charge in [-0.25, -0.2) is 14.2 Å². The lowest BCUT2D eigenvalue weighted by molar-refractivity contribution is -0.127. The minimum absolute atomic E-state index is 0.0782. The molecular weight excluding hydrogens is 357 g/mol. The highest BCUT2D eigenvalue weighted by Gasteiger charge is 2.37. The van der Waals surface area contributed by atoms with Crippen molar-refractivity contribution in [3.63, 3.8) is 0 Å². The fourth-order valence-electron chi connectivity index (χ4n) is 2.70.